The first-order chi connectivity index (χ1) is 5.71. The quantitative estimate of drug-likeness (QED) is 0.622. The summed E-state index contributed by atoms with van der Waals surface area (Å²) in [6.45, 7) is 4.73. The van der Waals surface area contributed by atoms with Crippen molar-refractivity contribution in [3.05, 3.63) is 0 Å². The molecule has 1 amide bonds. The lowest BCUT2D eigenvalue weighted by molar-refractivity contribution is -0.119. The van der Waals surface area contributed by atoms with Crippen LogP contribution in [-0.2, 0) is 9.53 Å². The van der Waals surface area contributed by atoms with Crippen LogP contribution < -0.4 is 5.32 Å². The lowest BCUT2D eigenvalue weighted by atomic mass is 9.76. The molecular weight excluding hydrogens is 154 g/mol. The summed E-state index contributed by atoms with van der Waals surface area (Å²) in [4.78, 5) is 11.1. The van der Waals surface area contributed by atoms with Crippen LogP contribution in [0.15, 0.2) is 0 Å². The second kappa shape index (κ2) is 2.73. The minimum absolute atomic E-state index is 0.160. The molecule has 2 heterocycles. The fourth-order valence-electron chi connectivity index (χ4n) is 2.17. The van der Waals surface area contributed by atoms with Crippen molar-refractivity contribution in [2.75, 3.05) is 19.8 Å². The van der Waals surface area contributed by atoms with Gasteiger partial charge in [-0.2, -0.15) is 0 Å². The Kier molecular flexibility index (Phi) is 1.83. The van der Waals surface area contributed by atoms with E-state index in [0.717, 1.165) is 26.2 Å². The number of hydrogen-bond donors (Lipinski definition) is 1. The zero-order valence-corrected chi connectivity index (χ0v) is 7.43. The molecule has 2 unspecified atom stereocenters. The van der Waals surface area contributed by atoms with Gasteiger partial charge in [-0.3, -0.25) is 4.79 Å². The van der Waals surface area contributed by atoms with Crippen LogP contribution in [0.25, 0.3) is 0 Å². The fraction of sp³-hybridized carbons (Fsp3) is 0.889. The number of amides is 1. The van der Waals surface area contributed by atoms with E-state index < -0.39 is 0 Å². The Hall–Kier alpha value is -0.570. The van der Waals surface area contributed by atoms with Crippen LogP contribution in [0.3, 0.4) is 0 Å². The van der Waals surface area contributed by atoms with Gasteiger partial charge in [0.1, 0.15) is 0 Å². The molecule has 0 aromatic carbocycles. The minimum atomic E-state index is 0.160. The van der Waals surface area contributed by atoms with Crippen LogP contribution in [0.2, 0.25) is 0 Å². The van der Waals surface area contributed by atoms with Gasteiger partial charge in [-0.05, 0) is 17.8 Å². The second-order valence-corrected chi connectivity index (χ2v) is 4.17. The molecule has 0 bridgehead atoms. The van der Waals surface area contributed by atoms with Gasteiger partial charge in [0.2, 0.25) is 5.91 Å². The molecule has 0 aliphatic carbocycles. The van der Waals surface area contributed by atoms with E-state index >= 15 is 0 Å². The molecule has 0 spiro atoms. The Morgan fingerprint density at radius 3 is 3.00 bits per heavy atom. The van der Waals surface area contributed by atoms with Crippen LogP contribution in [0, 0.1) is 11.3 Å². The first kappa shape index (κ1) is 8.05. The lowest BCUT2D eigenvalue weighted by Gasteiger charge is -2.27. The van der Waals surface area contributed by atoms with Gasteiger partial charge >= 0.3 is 0 Å². The average molecular weight is 169 g/mol. The van der Waals surface area contributed by atoms with E-state index in [2.05, 4.69) is 12.2 Å². The number of hydrogen-bond acceptors (Lipinski definition) is 2. The van der Waals surface area contributed by atoms with Crippen LogP contribution in [-0.4, -0.2) is 25.7 Å². The maximum atomic E-state index is 11.1. The molecule has 0 aromatic rings. The number of ether oxygens (including phenoxy) is 1. The summed E-state index contributed by atoms with van der Waals surface area (Å²) in [6.07, 6.45) is 1.80. The summed E-state index contributed by atoms with van der Waals surface area (Å²) >= 11 is 0. The highest BCUT2D eigenvalue weighted by Crippen LogP contribution is 2.38. The van der Waals surface area contributed by atoms with Crippen molar-refractivity contribution in [2.24, 2.45) is 11.3 Å². The summed E-state index contributed by atoms with van der Waals surface area (Å²) in [5, 5.41) is 2.89. The summed E-state index contributed by atoms with van der Waals surface area (Å²) in [5.41, 5.74) is 0.160. The first-order valence-electron chi connectivity index (χ1n) is 4.55. The SMILES string of the molecule is CC1(C2CCOC2)CNC(=O)C1. The molecule has 68 valence electrons. The van der Waals surface area contributed by atoms with Gasteiger partial charge in [0.25, 0.3) is 0 Å². The zero-order chi connectivity index (χ0) is 8.60. The summed E-state index contributed by atoms with van der Waals surface area (Å²) in [5.74, 6) is 0.779. The van der Waals surface area contributed by atoms with Crippen LogP contribution in [0.1, 0.15) is 19.8 Å². The van der Waals surface area contributed by atoms with Crippen LogP contribution in [0.5, 0.6) is 0 Å². The highest BCUT2D eigenvalue weighted by molar-refractivity contribution is 5.79. The maximum absolute atomic E-state index is 11.1. The standard InChI is InChI=1S/C9H15NO2/c1-9(4-8(11)10-6-9)7-2-3-12-5-7/h7H,2-6H2,1H3,(H,10,11). The summed E-state index contributed by atoms with van der Waals surface area (Å²) in [6, 6.07) is 0. The van der Waals surface area contributed by atoms with E-state index in [-0.39, 0.29) is 11.3 Å². The third kappa shape index (κ3) is 1.22. The third-order valence-corrected chi connectivity index (χ3v) is 3.17. The first-order valence-corrected chi connectivity index (χ1v) is 4.55. The maximum Gasteiger partial charge on any atom is 0.220 e. The van der Waals surface area contributed by atoms with E-state index in [1.165, 1.54) is 0 Å². The summed E-state index contributed by atoms with van der Waals surface area (Å²) < 4.78 is 5.33. The van der Waals surface area contributed by atoms with Crippen molar-refractivity contribution >= 4 is 5.91 Å². The molecule has 12 heavy (non-hydrogen) atoms. The Bertz CT molecular complexity index is 199. The van der Waals surface area contributed by atoms with E-state index in [9.17, 15) is 4.79 Å². The van der Waals surface area contributed by atoms with Gasteiger partial charge in [-0.15, -0.1) is 0 Å². The van der Waals surface area contributed by atoms with E-state index in [1.807, 2.05) is 0 Å². The number of nitrogens with one attached hydrogen (secondary N) is 1. The zero-order valence-electron chi connectivity index (χ0n) is 7.43. The molecule has 2 aliphatic rings. The highest BCUT2D eigenvalue weighted by atomic mass is 16.5. The van der Waals surface area contributed by atoms with Gasteiger partial charge < -0.3 is 10.1 Å². The number of carbonyl (C=O) groups is 1. The molecule has 2 saturated heterocycles. The topological polar surface area (TPSA) is 38.3 Å². The van der Waals surface area contributed by atoms with Crippen molar-refractivity contribution in [3.63, 3.8) is 0 Å². The third-order valence-electron chi connectivity index (χ3n) is 3.17. The molecule has 3 heteroatoms. The molecule has 3 nitrogen and oxygen atoms in total. The number of carbonyl (C=O) groups excluding carboxylic acids is 1. The van der Waals surface area contributed by atoms with Gasteiger partial charge in [0, 0.05) is 19.6 Å². The van der Waals surface area contributed by atoms with Crippen molar-refractivity contribution < 1.29 is 9.53 Å². The molecule has 0 aromatic heterocycles. The molecule has 2 aliphatic heterocycles. The minimum Gasteiger partial charge on any atom is -0.381 e. The molecule has 0 radical (unpaired) electrons. The van der Waals surface area contributed by atoms with Crippen LogP contribution in [0.4, 0.5) is 0 Å². The monoisotopic (exact) mass is 169 g/mol. The Morgan fingerprint density at radius 1 is 1.67 bits per heavy atom. The van der Waals surface area contributed by atoms with E-state index in [0.29, 0.717) is 12.3 Å². The van der Waals surface area contributed by atoms with Crippen molar-refractivity contribution in [1.82, 2.24) is 5.32 Å². The summed E-state index contributed by atoms with van der Waals surface area (Å²) in [7, 11) is 0. The van der Waals surface area contributed by atoms with Gasteiger partial charge in [-0.25, -0.2) is 0 Å². The molecule has 2 fully saturated rings. The van der Waals surface area contributed by atoms with E-state index in [4.69, 9.17) is 4.74 Å². The normalized spacial score (nSPS) is 41.8. The van der Waals surface area contributed by atoms with Gasteiger partial charge in [0.15, 0.2) is 0 Å². The molecular formula is C9H15NO2. The predicted molar refractivity (Wildman–Crippen MR) is 44.7 cm³/mol. The van der Waals surface area contributed by atoms with Crippen LogP contribution >= 0.6 is 0 Å². The second-order valence-electron chi connectivity index (χ2n) is 4.17. The highest BCUT2D eigenvalue weighted by Gasteiger charge is 2.42. The average Bonchev–Trinajstić information content (AvgIpc) is 2.59. The number of rotatable bonds is 1. The predicted octanol–water partition coefficient (Wildman–Crippen LogP) is 0.549. The van der Waals surface area contributed by atoms with Gasteiger partial charge in [0.05, 0.1) is 6.61 Å². The van der Waals surface area contributed by atoms with Crippen molar-refractivity contribution in [1.29, 1.82) is 0 Å². The molecule has 2 atom stereocenters. The smallest absolute Gasteiger partial charge is 0.220 e. The van der Waals surface area contributed by atoms with Crippen molar-refractivity contribution in [2.45, 2.75) is 19.8 Å². The molecule has 1 N–H and O–H groups in total. The van der Waals surface area contributed by atoms with E-state index in [1.54, 1.807) is 0 Å². The Balaban J connectivity index is 2.05. The largest absolute Gasteiger partial charge is 0.381 e. The van der Waals surface area contributed by atoms with Crippen molar-refractivity contribution in [3.8, 4) is 0 Å². The molecule has 0 saturated carbocycles. The lowest BCUT2D eigenvalue weighted by Crippen LogP contribution is -2.30. The molecule has 2 rings (SSSR count). The fourth-order valence-corrected chi connectivity index (χ4v) is 2.17. The van der Waals surface area contributed by atoms with Gasteiger partial charge in [-0.1, -0.05) is 6.92 Å². The Labute approximate surface area is 72.5 Å². The Morgan fingerprint density at radius 2 is 2.50 bits per heavy atom.